The summed E-state index contributed by atoms with van der Waals surface area (Å²) in [7, 11) is 3.04. The third-order valence-corrected chi connectivity index (χ3v) is 3.41. The van der Waals surface area contributed by atoms with Gasteiger partial charge in [0.15, 0.2) is 16.8 Å². The van der Waals surface area contributed by atoms with E-state index in [2.05, 4.69) is 0 Å². The fourth-order valence-electron chi connectivity index (χ4n) is 2.36. The van der Waals surface area contributed by atoms with Gasteiger partial charge in [0.05, 0.1) is 19.6 Å². The quantitative estimate of drug-likeness (QED) is 0.752. The molecule has 3 aromatic rings. The topological polar surface area (TPSA) is 74.7 Å². The Balaban J connectivity index is 2.33. The number of rotatable bonds is 3. The van der Waals surface area contributed by atoms with Crippen LogP contribution in [0.25, 0.3) is 22.3 Å². The molecule has 2 aromatic carbocycles. The van der Waals surface area contributed by atoms with E-state index in [1.807, 2.05) is 6.07 Å². The van der Waals surface area contributed by atoms with Crippen LogP contribution in [0.15, 0.2) is 51.7 Å². The highest BCUT2D eigenvalue weighted by atomic mass is 16.5. The highest BCUT2D eigenvalue weighted by Gasteiger charge is 2.15. The Morgan fingerprint density at radius 1 is 1.05 bits per heavy atom. The molecule has 0 saturated heterocycles. The zero-order valence-electron chi connectivity index (χ0n) is 12.3. The monoisotopic (exact) mass is 297 g/mol. The SMILES string of the molecule is COc1ccc2c(=O)cc(-c3cccc(N)c3)oc2c1OC. The Kier molecular flexibility index (Phi) is 3.47. The number of nitrogen functional groups attached to an aromatic ring is 1. The summed E-state index contributed by atoms with van der Waals surface area (Å²) in [6, 6.07) is 11.9. The van der Waals surface area contributed by atoms with Crippen molar-refractivity contribution in [3.05, 3.63) is 52.7 Å². The lowest BCUT2D eigenvalue weighted by Gasteiger charge is -2.10. The van der Waals surface area contributed by atoms with Gasteiger partial charge in [0.25, 0.3) is 0 Å². The van der Waals surface area contributed by atoms with Gasteiger partial charge in [-0.25, -0.2) is 0 Å². The zero-order valence-corrected chi connectivity index (χ0v) is 12.3. The predicted octanol–water partition coefficient (Wildman–Crippen LogP) is 3.06. The fraction of sp³-hybridized carbons (Fsp3) is 0.118. The first-order valence-electron chi connectivity index (χ1n) is 6.69. The lowest BCUT2D eigenvalue weighted by molar-refractivity contribution is 0.353. The molecule has 22 heavy (non-hydrogen) atoms. The largest absolute Gasteiger partial charge is 0.493 e. The number of anilines is 1. The number of ether oxygens (including phenoxy) is 2. The maximum absolute atomic E-state index is 12.3. The summed E-state index contributed by atoms with van der Waals surface area (Å²) in [5.41, 5.74) is 7.31. The lowest BCUT2D eigenvalue weighted by atomic mass is 10.1. The van der Waals surface area contributed by atoms with Crippen molar-refractivity contribution in [1.29, 1.82) is 0 Å². The van der Waals surface area contributed by atoms with Gasteiger partial charge in [-0.15, -0.1) is 0 Å². The molecule has 0 aliphatic heterocycles. The molecule has 0 radical (unpaired) electrons. The highest BCUT2D eigenvalue weighted by molar-refractivity contribution is 5.86. The number of fused-ring (bicyclic) bond motifs is 1. The lowest BCUT2D eigenvalue weighted by Crippen LogP contribution is -2.02. The fourth-order valence-corrected chi connectivity index (χ4v) is 2.36. The normalized spacial score (nSPS) is 10.6. The first-order valence-corrected chi connectivity index (χ1v) is 6.69. The van der Waals surface area contributed by atoms with Crippen LogP contribution in [0, 0.1) is 0 Å². The van der Waals surface area contributed by atoms with E-state index < -0.39 is 0 Å². The molecule has 0 spiro atoms. The van der Waals surface area contributed by atoms with Crippen LogP contribution in [0.4, 0.5) is 5.69 Å². The minimum atomic E-state index is -0.153. The van der Waals surface area contributed by atoms with Crippen molar-refractivity contribution in [2.24, 2.45) is 0 Å². The summed E-state index contributed by atoms with van der Waals surface area (Å²) in [6.07, 6.45) is 0. The van der Waals surface area contributed by atoms with Crippen molar-refractivity contribution in [3.8, 4) is 22.8 Å². The average Bonchev–Trinajstić information content (AvgIpc) is 2.53. The van der Waals surface area contributed by atoms with Crippen molar-refractivity contribution >= 4 is 16.7 Å². The molecule has 0 atom stereocenters. The molecule has 0 aliphatic carbocycles. The van der Waals surface area contributed by atoms with Crippen LogP contribution >= 0.6 is 0 Å². The summed E-state index contributed by atoms with van der Waals surface area (Å²) in [6.45, 7) is 0. The second-order valence-electron chi connectivity index (χ2n) is 4.78. The van der Waals surface area contributed by atoms with Gasteiger partial charge < -0.3 is 19.6 Å². The number of methoxy groups -OCH3 is 2. The van der Waals surface area contributed by atoms with Crippen molar-refractivity contribution in [2.45, 2.75) is 0 Å². The van der Waals surface area contributed by atoms with Crippen LogP contribution in [-0.4, -0.2) is 14.2 Å². The second-order valence-corrected chi connectivity index (χ2v) is 4.78. The van der Waals surface area contributed by atoms with Gasteiger partial charge in [-0.05, 0) is 24.3 Å². The molecule has 0 amide bonds. The zero-order chi connectivity index (χ0) is 15.7. The van der Waals surface area contributed by atoms with E-state index in [4.69, 9.17) is 19.6 Å². The molecule has 0 bridgehead atoms. The molecule has 3 rings (SSSR count). The number of hydrogen-bond donors (Lipinski definition) is 1. The van der Waals surface area contributed by atoms with Crippen molar-refractivity contribution in [3.63, 3.8) is 0 Å². The van der Waals surface area contributed by atoms with E-state index in [0.717, 1.165) is 5.56 Å². The van der Waals surface area contributed by atoms with Gasteiger partial charge in [-0.3, -0.25) is 4.79 Å². The van der Waals surface area contributed by atoms with E-state index in [9.17, 15) is 4.79 Å². The van der Waals surface area contributed by atoms with E-state index >= 15 is 0 Å². The third kappa shape index (κ3) is 2.26. The molecule has 0 unspecified atom stereocenters. The standard InChI is InChI=1S/C17H15NO4/c1-20-14-7-6-12-13(19)9-15(22-16(12)17(14)21-2)10-4-3-5-11(18)8-10/h3-9H,18H2,1-2H3. The molecule has 5 heteroatoms. The Labute approximate surface area is 126 Å². The van der Waals surface area contributed by atoms with Crippen molar-refractivity contribution < 1.29 is 13.9 Å². The van der Waals surface area contributed by atoms with Crippen molar-refractivity contribution in [2.75, 3.05) is 20.0 Å². The predicted molar refractivity (Wildman–Crippen MR) is 85.4 cm³/mol. The molecule has 0 saturated carbocycles. The molecule has 1 aromatic heterocycles. The molecule has 2 N–H and O–H groups in total. The number of benzene rings is 2. The van der Waals surface area contributed by atoms with E-state index in [0.29, 0.717) is 33.9 Å². The molecule has 0 fully saturated rings. The molecule has 0 aliphatic rings. The van der Waals surface area contributed by atoms with E-state index in [1.165, 1.54) is 20.3 Å². The summed E-state index contributed by atoms with van der Waals surface area (Å²) < 4.78 is 16.5. The van der Waals surface area contributed by atoms with Crippen LogP contribution in [0.3, 0.4) is 0 Å². The summed E-state index contributed by atoms with van der Waals surface area (Å²) in [5.74, 6) is 1.32. The van der Waals surface area contributed by atoms with E-state index in [1.54, 1.807) is 30.3 Å². The Morgan fingerprint density at radius 3 is 2.55 bits per heavy atom. The van der Waals surface area contributed by atoms with Crippen LogP contribution in [0.2, 0.25) is 0 Å². The van der Waals surface area contributed by atoms with Gasteiger partial charge in [0, 0.05) is 17.3 Å². The molecule has 5 nitrogen and oxygen atoms in total. The van der Waals surface area contributed by atoms with Crippen LogP contribution < -0.4 is 20.6 Å². The maximum Gasteiger partial charge on any atom is 0.204 e. The number of hydrogen-bond acceptors (Lipinski definition) is 5. The van der Waals surface area contributed by atoms with Gasteiger partial charge >= 0.3 is 0 Å². The molecule has 1 heterocycles. The number of nitrogens with two attached hydrogens (primary N) is 1. The third-order valence-electron chi connectivity index (χ3n) is 3.41. The summed E-state index contributed by atoms with van der Waals surface area (Å²) in [4.78, 5) is 12.3. The van der Waals surface area contributed by atoms with Gasteiger partial charge in [-0.1, -0.05) is 12.1 Å². The first-order chi connectivity index (χ1) is 10.6. The molecular formula is C17H15NO4. The minimum absolute atomic E-state index is 0.153. The second kappa shape index (κ2) is 5.44. The summed E-state index contributed by atoms with van der Waals surface area (Å²) in [5, 5.41) is 0.435. The molecule has 112 valence electrons. The Bertz CT molecular complexity index is 899. The maximum atomic E-state index is 12.3. The smallest absolute Gasteiger partial charge is 0.204 e. The van der Waals surface area contributed by atoms with E-state index in [-0.39, 0.29) is 5.43 Å². The highest BCUT2D eigenvalue weighted by Crippen LogP contribution is 2.36. The van der Waals surface area contributed by atoms with Gasteiger partial charge in [0.1, 0.15) is 5.76 Å². The van der Waals surface area contributed by atoms with Crippen LogP contribution in [-0.2, 0) is 0 Å². The van der Waals surface area contributed by atoms with Gasteiger partial charge in [0.2, 0.25) is 5.75 Å². The molecular weight excluding hydrogens is 282 g/mol. The Morgan fingerprint density at radius 2 is 1.86 bits per heavy atom. The summed E-state index contributed by atoms with van der Waals surface area (Å²) >= 11 is 0. The minimum Gasteiger partial charge on any atom is -0.493 e. The Hall–Kier alpha value is -2.95. The van der Waals surface area contributed by atoms with Crippen LogP contribution in [0.1, 0.15) is 0 Å². The van der Waals surface area contributed by atoms with Crippen molar-refractivity contribution in [1.82, 2.24) is 0 Å². The average molecular weight is 297 g/mol. The first kappa shape index (κ1) is 14.0. The van der Waals surface area contributed by atoms with Gasteiger partial charge in [-0.2, -0.15) is 0 Å². The van der Waals surface area contributed by atoms with Crippen LogP contribution in [0.5, 0.6) is 11.5 Å².